The monoisotopic (exact) mass is 100 g/mol. The molecule has 7 heavy (non-hydrogen) atoms. The lowest BCUT2D eigenvalue weighted by molar-refractivity contribution is 0.843. The smallest absolute Gasteiger partial charge is 0.230 e. The maximum absolute atomic E-state index is 6.44. The molecule has 0 bridgehead atoms. The Labute approximate surface area is 40.9 Å². The molecule has 0 aliphatic rings. The summed E-state index contributed by atoms with van der Waals surface area (Å²) >= 11 is 0. The summed E-state index contributed by atoms with van der Waals surface area (Å²) in [4.78, 5) is 0. The van der Waals surface area contributed by atoms with E-state index in [-0.39, 0.29) is 5.96 Å². The molecule has 0 amide bonds. The van der Waals surface area contributed by atoms with Crippen LogP contribution < -0.4 is 16.6 Å². The van der Waals surface area contributed by atoms with Crippen molar-refractivity contribution in [2.75, 3.05) is 0 Å². The molecule has 0 rings (SSSR count). The number of rotatable bonds is 2. The number of guanidine groups is 1. The fraction of sp³-hybridized carbons (Fsp3) is 0. The SMILES string of the molecule is N=CN[N]C(=N)N. The molecular formula is C2H6N5. The molecule has 0 aliphatic heterocycles. The first-order valence-corrected chi connectivity index (χ1v) is 1.56. The molecule has 0 aliphatic carbocycles. The summed E-state index contributed by atoms with van der Waals surface area (Å²) < 4.78 is 0. The van der Waals surface area contributed by atoms with Crippen molar-refractivity contribution in [1.29, 1.82) is 10.8 Å². The van der Waals surface area contributed by atoms with Gasteiger partial charge in [-0.3, -0.25) is 16.2 Å². The first kappa shape index (κ1) is 5.74. The zero-order valence-corrected chi connectivity index (χ0v) is 3.60. The van der Waals surface area contributed by atoms with Gasteiger partial charge in [-0.05, 0) is 0 Å². The molecule has 5 heteroatoms. The van der Waals surface area contributed by atoms with Gasteiger partial charge in [0, 0.05) is 0 Å². The van der Waals surface area contributed by atoms with Crippen LogP contribution in [-0.4, -0.2) is 12.3 Å². The first-order chi connectivity index (χ1) is 3.27. The van der Waals surface area contributed by atoms with Crippen molar-refractivity contribution in [3.05, 3.63) is 0 Å². The third-order valence-corrected chi connectivity index (χ3v) is 0.250. The van der Waals surface area contributed by atoms with Gasteiger partial charge in [-0.15, -0.1) is 5.43 Å². The summed E-state index contributed by atoms with van der Waals surface area (Å²) in [6, 6.07) is 0. The Hall–Kier alpha value is -1.26. The highest BCUT2D eigenvalue weighted by molar-refractivity contribution is 5.74. The summed E-state index contributed by atoms with van der Waals surface area (Å²) in [5.41, 5.74) is 9.91. The standard InChI is InChI=1S/C2H6N5/c3-1-6-7-2(4)5/h1H,(H2,3,6)(H3,4,5). The summed E-state index contributed by atoms with van der Waals surface area (Å²) in [6.45, 7) is 0. The normalized spacial score (nSPS) is 6.86. The lowest BCUT2D eigenvalue weighted by Crippen LogP contribution is -2.33. The van der Waals surface area contributed by atoms with Crippen molar-refractivity contribution in [2.45, 2.75) is 0 Å². The molecule has 0 aromatic rings. The van der Waals surface area contributed by atoms with Gasteiger partial charge in [0.2, 0.25) is 5.96 Å². The fourth-order valence-corrected chi connectivity index (χ4v) is 0.102. The third kappa shape index (κ3) is 4.74. The number of nitrogens with two attached hydrogens (primary N) is 1. The van der Waals surface area contributed by atoms with E-state index in [9.17, 15) is 0 Å². The molecule has 5 N–H and O–H groups in total. The van der Waals surface area contributed by atoms with Gasteiger partial charge in [-0.2, -0.15) is 0 Å². The minimum absolute atomic E-state index is 0.330. The third-order valence-electron chi connectivity index (χ3n) is 0.250. The zero-order valence-electron chi connectivity index (χ0n) is 3.60. The lowest BCUT2D eigenvalue weighted by Gasteiger charge is -1.91. The van der Waals surface area contributed by atoms with E-state index in [0.29, 0.717) is 0 Å². The van der Waals surface area contributed by atoms with E-state index in [1.54, 1.807) is 0 Å². The average molecular weight is 100 g/mol. The van der Waals surface area contributed by atoms with Crippen LogP contribution in [0.4, 0.5) is 0 Å². The van der Waals surface area contributed by atoms with E-state index in [1.807, 2.05) is 0 Å². The van der Waals surface area contributed by atoms with Crippen LogP contribution in [-0.2, 0) is 0 Å². The second-order valence-electron chi connectivity index (χ2n) is 0.770. The molecule has 0 saturated heterocycles. The van der Waals surface area contributed by atoms with E-state index < -0.39 is 0 Å². The number of hydrogen-bond acceptors (Lipinski definition) is 2. The van der Waals surface area contributed by atoms with E-state index in [1.165, 1.54) is 0 Å². The van der Waals surface area contributed by atoms with Crippen molar-refractivity contribution in [1.82, 2.24) is 10.9 Å². The van der Waals surface area contributed by atoms with E-state index in [2.05, 4.69) is 10.9 Å². The van der Waals surface area contributed by atoms with E-state index in [0.717, 1.165) is 6.34 Å². The predicted molar refractivity (Wildman–Crippen MR) is 26.0 cm³/mol. The van der Waals surface area contributed by atoms with Crippen molar-refractivity contribution in [3.8, 4) is 0 Å². The number of hydrogen-bond donors (Lipinski definition) is 4. The molecule has 0 unspecified atom stereocenters. The summed E-state index contributed by atoms with van der Waals surface area (Å²) in [6.07, 6.45) is 0.835. The van der Waals surface area contributed by atoms with E-state index in [4.69, 9.17) is 16.6 Å². The second-order valence-corrected chi connectivity index (χ2v) is 0.770. The highest BCUT2D eigenvalue weighted by Crippen LogP contribution is 1.40. The van der Waals surface area contributed by atoms with Crippen molar-refractivity contribution in [3.63, 3.8) is 0 Å². The quantitative estimate of drug-likeness (QED) is 0.195. The lowest BCUT2D eigenvalue weighted by atomic mass is 11.1. The summed E-state index contributed by atoms with van der Waals surface area (Å²) in [7, 11) is 0. The molecule has 1 radical (unpaired) electrons. The topological polar surface area (TPSA) is 99.9 Å². The van der Waals surface area contributed by atoms with Crippen LogP contribution in [0.15, 0.2) is 0 Å². The van der Waals surface area contributed by atoms with Gasteiger partial charge < -0.3 is 5.73 Å². The molecule has 0 heterocycles. The van der Waals surface area contributed by atoms with Crippen molar-refractivity contribution < 1.29 is 0 Å². The van der Waals surface area contributed by atoms with Gasteiger partial charge in [-0.1, -0.05) is 0 Å². The minimum Gasteiger partial charge on any atom is -0.367 e. The van der Waals surface area contributed by atoms with E-state index >= 15 is 0 Å². The molecule has 0 aromatic carbocycles. The van der Waals surface area contributed by atoms with Crippen LogP contribution in [0.2, 0.25) is 0 Å². The van der Waals surface area contributed by atoms with Gasteiger partial charge >= 0.3 is 0 Å². The highest BCUT2D eigenvalue weighted by Gasteiger charge is 1.79. The highest BCUT2D eigenvalue weighted by atomic mass is 15.4. The van der Waals surface area contributed by atoms with Crippen LogP contribution in [0.3, 0.4) is 0 Å². The van der Waals surface area contributed by atoms with Gasteiger partial charge in [0.1, 0.15) is 0 Å². The van der Waals surface area contributed by atoms with Crippen LogP contribution >= 0.6 is 0 Å². The Balaban J connectivity index is 2.97. The van der Waals surface area contributed by atoms with Gasteiger partial charge in [0.05, 0.1) is 6.34 Å². The largest absolute Gasteiger partial charge is 0.367 e. The summed E-state index contributed by atoms with van der Waals surface area (Å²) in [5.74, 6) is -0.330. The van der Waals surface area contributed by atoms with Gasteiger partial charge in [0.25, 0.3) is 0 Å². The van der Waals surface area contributed by atoms with Crippen LogP contribution in [0, 0.1) is 10.8 Å². The Morgan fingerprint density at radius 2 is 2.43 bits per heavy atom. The van der Waals surface area contributed by atoms with Crippen LogP contribution in [0.5, 0.6) is 0 Å². The Morgan fingerprint density at radius 3 is 2.57 bits per heavy atom. The molecular weight excluding hydrogens is 94.1 g/mol. The van der Waals surface area contributed by atoms with Crippen molar-refractivity contribution >= 4 is 12.3 Å². The summed E-state index contributed by atoms with van der Waals surface area (Å²) in [5, 5.41) is 12.8. The van der Waals surface area contributed by atoms with Gasteiger partial charge in [0.15, 0.2) is 0 Å². The maximum Gasteiger partial charge on any atom is 0.230 e. The molecule has 0 fully saturated rings. The molecule has 0 saturated carbocycles. The van der Waals surface area contributed by atoms with Crippen LogP contribution in [0.25, 0.3) is 0 Å². The van der Waals surface area contributed by atoms with Gasteiger partial charge in [-0.25, -0.2) is 0 Å². The second kappa shape index (κ2) is 2.95. The fourth-order valence-electron chi connectivity index (χ4n) is 0.102. The minimum atomic E-state index is -0.330. The molecule has 39 valence electrons. The molecule has 0 atom stereocenters. The van der Waals surface area contributed by atoms with Crippen LogP contribution in [0.1, 0.15) is 0 Å². The van der Waals surface area contributed by atoms with Crippen molar-refractivity contribution in [2.24, 2.45) is 5.73 Å². The Bertz CT molecular complexity index is 76.1. The predicted octanol–water partition coefficient (Wildman–Crippen LogP) is -1.40. The average Bonchev–Trinajstić information content (AvgIpc) is 1.61. The number of nitrogens with one attached hydrogen (secondary N) is 3. The molecule has 0 spiro atoms. The Kier molecular flexibility index (Phi) is 2.42. The molecule has 0 aromatic heterocycles. The molecule has 5 nitrogen and oxygen atoms in total. The maximum atomic E-state index is 6.44. The number of nitrogens with zero attached hydrogens (tertiary/aromatic N) is 1. The zero-order chi connectivity index (χ0) is 5.70. The first-order valence-electron chi connectivity index (χ1n) is 1.56. The Morgan fingerprint density at radius 1 is 1.86 bits per heavy atom.